The summed E-state index contributed by atoms with van der Waals surface area (Å²) in [5, 5.41) is 17.9. The molecule has 0 spiro atoms. The van der Waals surface area contributed by atoms with Crippen LogP contribution in [-0.4, -0.2) is 45.3 Å². The summed E-state index contributed by atoms with van der Waals surface area (Å²) in [6.07, 6.45) is -4.71. The van der Waals surface area contributed by atoms with E-state index in [9.17, 15) is 23.1 Å². The fourth-order valence-electron chi connectivity index (χ4n) is 5.75. The number of aliphatic hydroxyl groups is 1. The number of hydrogen-bond donors (Lipinski definition) is 2. The van der Waals surface area contributed by atoms with E-state index in [0.29, 0.717) is 47.3 Å². The van der Waals surface area contributed by atoms with E-state index in [1.54, 1.807) is 18.2 Å². The summed E-state index contributed by atoms with van der Waals surface area (Å²) in [7, 11) is 0. The highest BCUT2D eigenvalue weighted by Crippen LogP contribution is 2.67. The molecular weight excluding hydrogens is 479 g/mol. The van der Waals surface area contributed by atoms with Crippen LogP contribution in [0.5, 0.6) is 5.75 Å². The van der Waals surface area contributed by atoms with Crippen LogP contribution in [0.15, 0.2) is 22.7 Å². The van der Waals surface area contributed by atoms with Crippen molar-refractivity contribution in [3.05, 3.63) is 40.5 Å². The molecule has 4 saturated carbocycles. The molecule has 182 valence electrons. The number of hydrogen-bond acceptors (Lipinski definition) is 7. The van der Waals surface area contributed by atoms with E-state index in [1.807, 2.05) is 0 Å². The molecule has 2 bridgehead atoms. The molecule has 8 nitrogen and oxygen atoms in total. The number of carbonyl (C=O) groups is 1. The van der Waals surface area contributed by atoms with Crippen molar-refractivity contribution in [1.29, 1.82) is 0 Å². The SMILES string of the molecule is O=C(NC12CC(c3nc(C4CC(OC(F)(F)F)C4)no3)(C1)C2)[C@@H]1C[C@H](O)c2cc(Cl)ccc2O1. The topological polar surface area (TPSA) is 107 Å². The molecule has 7 rings (SSSR count). The zero-order valence-corrected chi connectivity index (χ0v) is 18.5. The van der Waals surface area contributed by atoms with E-state index in [-0.39, 0.29) is 42.0 Å². The first-order valence-corrected chi connectivity index (χ1v) is 11.5. The smallest absolute Gasteiger partial charge is 0.480 e. The Labute approximate surface area is 196 Å². The van der Waals surface area contributed by atoms with Gasteiger partial charge in [-0.15, -0.1) is 13.2 Å². The van der Waals surface area contributed by atoms with Gasteiger partial charge in [-0.05, 0) is 50.3 Å². The molecule has 1 aliphatic heterocycles. The lowest BCUT2D eigenvalue weighted by Crippen LogP contribution is -2.77. The van der Waals surface area contributed by atoms with Gasteiger partial charge in [-0.2, -0.15) is 4.98 Å². The van der Waals surface area contributed by atoms with Crippen molar-refractivity contribution in [1.82, 2.24) is 15.5 Å². The van der Waals surface area contributed by atoms with Gasteiger partial charge in [0.1, 0.15) is 5.75 Å². The lowest BCUT2D eigenvalue weighted by atomic mass is 9.39. The third-order valence-electron chi connectivity index (χ3n) is 7.40. The van der Waals surface area contributed by atoms with Gasteiger partial charge in [0.2, 0.25) is 5.89 Å². The second kappa shape index (κ2) is 7.32. The van der Waals surface area contributed by atoms with E-state index < -0.39 is 24.7 Å². The first-order valence-electron chi connectivity index (χ1n) is 11.1. The van der Waals surface area contributed by atoms with Crippen LogP contribution in [0.4, 0.5) is 13.2 Å². The summed E-state index contributed by atoms with van der Waals surface area (Å²) >= 11 is 5.97. The molecule has 4 fully saturated rings. The maximum atomic E-state index is 12.8. The number of halogens is 4. The standard InChI is InChI=1S/C22H21ClF3N3O5/c23-11-1-2-15-13(5-11)14(30)6-16(32-15)18(31)28-21-7-20(8-21,9-21)19-27-17(29-34-19)10-3-12(4-10)33-22(24,25)26/h1-2,5,10,12,14,16,30H,3-4,6-9H2,(H,28,31)/t10?,12?,14-,16-,20?,21?/m0/s1. The second-order valence-corrected chi connectivity index (χ2v) is 10.4. The normalized spacial score (nSPS) is 35.8. The van der Waals surface area contributed by atoms with Crippen molar-refractivity contribution in [2.45, 2.75) is 80.1 Å². The van der Waals surface area contributed by atoms with Crippen LogP contribution < -0.4 is 10.1 Å². The predicted octanol–water partition coefficient (Wildman–Crippen LogP) is 3.68. The molecule has 1 aromatic carbocycles. The van der Waals surface area contributed by atoms with Crippen molar-refractivity contribution in [3.8, 4) is 5.75 Å². The number of fused-ring (bicyclic) bond motifs is 1. The highest BCUT2D eigenvalue weighted by molar-refractivity contribution is 6.30. The van der Waals surface area contributed by atoms with Crippen molar-refractivity contribution < 1.29 is 37.1 Å². The minimum absolute atomic E-state index is 0.133. The van der Waals surface area contributed by atoms with E-state index in [4.69, 9.17) is 20.9 Å². The lowest BCUT2D eigenvalue weighted by molar-refractivity contribution is -0.352. The van der Waals surface area contributed by atoms with Crippen LogP contribution in [0.25, 0.3) is 0 Å². The van der Waals surface area contributed by atoms with E-state index >= 15 is 0 Å². The monoisotopic (exact) mass is 499 g/mol. The average molecular weight is 500 g/mol. The summed E-state index contributed by atoms with van der Waals surface area (Å²) < 4.78 is 52.1. The Bertz CT molecular complexity index is 1130. The van der Waals surface area contributed by atoms with Gasteiger partial charge in [0, 0.05) is 28.5 Å². The molecule has 1 aromatic heterocycles. The molecule has 2 atom stereocenters. The third-order valence-corrected chi connectivity index (χ3v) is 7.64. The zero-order valence-electron chi connectivity index (χ0n) is 17.8. The number of aliphatic hydroxyl groups excluding tert-OH is 1. The molecule has 34 heavy (non-hydrogen) atoms. The van der Waals surface area contributed by atoms with Crippen molar-refractivity contribution in [2.24, 2.45) is 0 Å². The molecule has 0 unspecified atom stereocenters. The van der Waals surface area contributed by atoms with Crippen molar-refractivity contribution >= 4 is 17.5 Å². The van der Waals surface area contributed by atoms with Crippen LogP contribution >= 0.6 is 11.6 Å². The summed E-state index contributed by atoms with van der Waals surface area (Å²) in [5.41, 5.74) is -0.112. The quantitative estimate of drug-likeness (QED) is 0.646. The molecule has 5 aliphatic rings. The maximum Gasteiger partial charge on any atom is 0.522 e. The van der Waals surface area contributed by atoms with Crippen LogP contribution in [0, 0.1) is 0 Å². The number of ether oxygens (including phenoxy) is 2. The van der Waals surface area contributed by atoms with Crippen molar-refractivity contribution in [2.75, 3.05) is 0 Å². The van der Waals surface area contributed by atoms with E-state index in [1.165, 1.54) is 0 Å². The molecule has 12 heteroatoms. The Hall–Kier alpha value is -2.37. The summed E-state index contributed by atoms with van der Waals surface area (Å²) in [6, 6.07) is 4.92. The number of rotatable bonds is 5. The van der Waals surface area contributed by atoms with Crippen LogP contribution in [-0.2, 0) is 14.9 Å². The largest absolute Gasteiger partial charge is 0.522 e. The van der Waals surface area contributed by atoms with Crippen LogP contribution in [0.1, 0.15) is 67.8 Å². The maximum absolute atomic E-state index is 12.8. The predicted molar refractivity (Wildman–Crippen MR) is 109 cm³/mol. The van der Waals surface area contributed by atoms with Crippen LogP contribution in [0.2, 0.25) is 5.02 Å². The zero-order chi connectivity index (χ0) is 23.9. The molecule has 2 N–H and O–H groups in total. The van der Waals surface area contributed by atoms with E-state index in [0.717, 1.165) is 0 Å². The number of carbonyl (C=O) groups excluding carboxylic acids is 1. The Morgan fingerprint density at radius 2 is 1.97 bits per heavy atom. The molecule has 2 heterocycles. The molecule has 0 radical (unpaired) electrons. The lowest BCUT2D eigenvalue weighted by Gasteiger charge is -2.68. The highest BCUT2D eigenvalue weighted by atomic mass is 35.5. The van der Waals surface area contributed by atoms with E-state index in [2.05, 4.69) is 20.2 Å². The van der Waals surface area contributed by atoms with Crippen molar-refractivity contribution in [3.63, 3.8) is 0 Å². The van der Waals surface area contributed by atoms with Gasteiger partial charge in [0.25, 0.3) is 5.91 Å². The molecule has 1 amide bonds. The Morgan fingerprint density at radius 3 is 2.68 bits per heavy atom. The molecular formula is C22H21ClF3N3O5. The van der Waals surface area contributed by atoms with Gasteiger partial charge >= 0.3 is 6.36 Å². The fraction of sp³-hybridized carbons (Fsp3) is 0.591. The number of amides is 1. The third kappa shape index (κ3) is 3.64. The van der Waals surface area contributed by atoms with Gasteiger partial charge in [-0.3, -0.25) is 9.53 Å². The minimum atomic E-state index is -4.64. The van der Waals surface area contributed by atoms with Gasteiger partial charge in [0.15, 0.2) is 11.9 Å². The Balaban J connectivity index is 1.03. The van der Waals surface area contributed by atoms with Gasteiger partial charge < -0.3 is 19.7 Å². The van der Waals surface area contributed by atoms with Crippen LogP contribution in [0.3, 0.4) is 0 Å². The van der Waals surface area contributed by atoms with Gasteiger partial charge in [-0.25, -0.2) is 0 Å². The summed E-state index contributed by atoms with van der Waals surface area (Å²) in [5.74, 6) is 0.814. The number of nitrogens with one attached hydrogen (secondary N) is 1. The Kier molecular flexibility index (Phi) is 4.76. The fourth-order valence-corrected chi connectivity index (χ4v) is 5.93. The molecule has 2 aromatic rings. The Morgan fingerprint density at radius 1 is 1.24 bits per heavy atom. The number of nitrogens with zero attached hydrogens (tertiary/aromatic N) is 2. The number of alkyl halides is 3. The molecule has 0 saturated heterocycles. The highest BCUT2D eigenvalue weighted by Gasteiger charge is 2.72. The average Bonchev–Trinajstić information content (AvgIpc) is 3.14. The number of benzene rings is 1. The summed E-state index contributed by atoms with van der Waals surface area (Å²) in [6.45, 7) is 0. The second-order valence-electron chi connectivity index (χ2n) is 9.93. The van der Waals surface area contributed by atoms with Gasteiger partial charge in [0.05, 0.1) is 17.6 Å². The van der Waals surface area contributed by atoms with Gasteiger partial charge in [-0.1, -0.05) is 16.8 Å². The first-order chi connectivity index (χ1) is 16.0. The number of aromatic nitrogens is 2. The summed E-state index contributed by atoms with van der Waals surface area (Å²) in [4.78, 5) is 17.3. The minimum Gasteiger partial charge on any atom is -0.480 e. The molecule has 4 aliphatic carbocycles. The first kappa shape index (κ1) is 22.1.